The van der Waals surface area contributed by atoms with Gasteiger partial charge in [0.25, 0.3) is 5.91 Å². The van der Waals surface area contributed by atoms with Crippen molar-refractivity contribution in [3.63, 3.8) is 0 Å². The highest BCUT2D eigenvalue weighted by atomic mass is 79.9. The van der Waals surface area contributed by atoms with Crippen molar-refractivity contribution in [2.45, 2.75) is 25.8 Å². The Kier molecular flexibility index (Phi) is 3.94. The second-order valence-electron chi connectivity index (χ2n) is 5.06. The number of aliphatic carboxylic acids is 1. The Morgan fingerprint density at radius 2 is 2.00 bits per heavy atom. The highest BCUT2D eigenvalue weighted by Gasteiger charge is 2.38. The number of hydrogen-bond donors (Lipinski definition) is 1. The van der Waals surface area contributed by atoms with Gasteiger partial charge in [-0.3, -0.25) is 9.59 Å². The molecule has 1 aliphatic rings. The Bertz CT molecular complexity index is 523. The molecule has 5 heteroatoms. The van der Waals surface area contributed by atoms with Gasteiger partial charge in [0.05, 0.1) is 11.5 Å². The maximum absolute atomic E-state index is 12.3. The molecule has 1 N–H and O–H groups in total. The van der Waals surface area contributed by atoms with Gasteiger partial charge in [0.2, 0.25) is 0 Å². The molecule has 0 bridgehead atoms. The minimum atomic E-state index is -0.770. The lowest BCUT2D eigenvalue weighted by Crippen LogP contribution is -2.47. The number of hydrogen-bond acceptors (Lipinski definition) is 2. The topological polar surface area (TPSA) is 57.6 Å². The number of nitrogens with zero attached hydrogens (tertiary/aromatic N) is 1. The van der Waals surface area contributed by atoms with Crippen LogP contribution in [-0.4, -0.2) is 35.0 Å². The van der Waals surface area contributed by atoms with E-state index in [0.29, 0.717) is 18.4 Å². The fourth-order valence-corrected chi connectivity index (χ4v) is 2.92. The smallest absolute Gasteiger partial charge is 0.306 e. The van der Waals surface area contributed by atoms with Gasteiger partial charge in [-0.15, -0.1) is 0 Å². The van der Waals surface area contributed by atoms with Crippen LogP contribution >= 0.6 is 15.9 Å². The summed E-state index contributed by atoms with van der Waals surface area (Å²) in [6.45, 7) is 1.96. The van der Waals surface area contributed by atoms with E-state index in [2.05, 4.69) is 15.9 Å². The Balaban J connectivity index is 2.06. The van der Waals surface area contributed by atoms with Crippen LogP contribution in [0.25, 0.3) is 0 Å². The third kappa shape index (κ3) is 2.81. The molecule has 19 heavy (non-hydrogen) atoms. The summed E-state index contributed by atoms with van der Waals surface area (Å²) < 4.78 is 0.776. The zero-order chi connectivity index (χ0) is 14.2. The first-order valence-corrected chi connectivity index (χ1v) is 6.95. The van der Waals surface area contributed by atoms with E-state index in [-0.39, 0.29) is 17.9 Å². The summed E-state index contributed by atoms with van der Waals surface area (Å²) in [7, 11) is 1.73. The first-order valence-electron chi connectivity index (χ1n) is 6.16. The average Bonchev–Trinajstić information content (AvgIpc) is 2.25. The SMILES string of the molecule is Cc1ccc(C(=O)N(C)C2CC(C(=O)O)C2)c(Br)c1. The molecule has 102 valence electrons. The number of aryl methyl sites for hydroxylation is 1. The molecule has 0 unspecified atom stereocenters. The molecule has 0 aliphatic heterocycles. The minimum absolute atomic E-state index is 0.0294. The van der Waals surface area contributed by atoms with Crippen molar-refractivity contribution >= 4 is 27.8 Å². The Morgan fingerprint density at radius 3 is 2.53 bits per heavy atom. The van der Waals surface area contributed by atoms with Crippen LogP contribution in [0.2, 0.25) is 0 Å². The van der Waals surface area contributed by atoms with E-state index < -0.39 is 5.97 Å². The molecule has 1 aromatic carbocycles. The van der Waals surface area contributed by atoms with E-state index in [1.54, 1.807) is 18.0 Å². The van der Waals surface area contributed by atoms with E-state index in [9.17, 15) is 9.59 Å². The maximum atomic E-state index is 12.3. The molecular weight excluding hydrogens is 310 g/mol. The molecule has 0 atom stereocenters. The fourth-order valence-electron chi connectivity index (χ4n) is 2.26. The maximum Gasteiger partial charge on any atom is 0.306 e. The molecule has 4 nitrogen and oxygen atoms in total. The van der Waals surface area contributed by atoms with Gasteiger partial charge in [-0.1, -0.05) is 6.07 Å². The highest BCUT2D eigenvalue weighted by Crippen LogP contribution is 2.32. The fraction of sp³-hybridized carbons (Fsp3) is 0.429. The van der Waals surface area contributed by atoms with Gasteiger partial charge in [0.1, 0.15) is 0 Å². The van der Waals surface area contributed by atoms with E-state index >= 15 is 0 Å². The second kappa shape index (κ2) is 5.33. The van der Waals surface area contributed by atoms with Crippen LogP contribution < -0.4 is 0 Å². The third-order valence-electron chi connectivity index (χ3n) is 3.69. The number of carbonyl (C=O) groups excluding carboxylic acids is 1. The number of carboxylic acid groups (broad SMARTS) is 1. The van der Waals surface area contributed by atoms with Crippen molar-refractivity contribution < 1.29 is 14.7 Å². The van der Waals surface area contributed by atoms with Crippen LogP contribution in [0, 0.1) is 12.8 Å². The largest absolute Gasteiger partial charge is 0.481 e. The highest BCUT2D eigenvalue weighted by molar-refractivity contribution is 9.10. The van der Waals surface area contributed by atoms with Crippen molar-refractivity contribution in [1.82, 2.24) is 4.90 Å². The summed E-state index contributed by atoms with van der Waals surface area (Å²) in [6.07, 6.45) is 1.09. The van der Waals surface area contributed by atoms with Crippen molar-refractivity contribution in [2.24, 2.45) is 5.92 Å². The number of halogens is 1. The molecule has 0 saturated heterocycles. The predicted molar refractivity (Wildman–Crippen MR) is 75.1 cm³/mol. The summed E-state index contributed by atoms with van der Waals surface area (Å²) in [5.41, 5.74) is 1.70. The molecule has 0 radical (unpaired) electrons. The monoisotopic (exact) mass is 325 g/mol. The molecular formula is C14H16BrNO3. The molecule has 0 spiro atoms. The van der Waals surface area contributed by atoms with E-state index in [1.165, 1.54) is 0 Å². The van der Waals surface area contributed by atoms with Crippen LogP contribution in [0.3, 0.4) is 0 Å². The van der Waals surface area contributed by atoms with Crippen molar-refractivity contribution in [1.29, 1.82) is 0 Å². The summed E-state index contributed by atoms with van der Waals surface area (Å²) in [5.74, 6) is -1.14. The average molecular weight is 326 g/mol. The van der Waals surface area contributed by atoms with Gasteiger partial charge >= 0.3 is 5.97 Å². The molecule has 0 heterocycles. The number of amides is 1. The first-order chi connectivity index (χ1) is 8.90. The summed E-state index contributed by atoms with van der Waals surface area (Å²) in [5, 5.41) is 8.85. The predicted octanol–water partition coefficient (Wildman–Crippen LogP) is 2.69. The summed E-state index contributed by atoms with van der Waals surface area (Å²) in [6, 6.07) is 5.63. The van der Waals surface area contributed by atoms with Gasteiger partial charge in [-0.2, -0.15) is 0 Å². The quantitative estimate of drug-likeness (QED) is 0.929. The van der Waals surface area contributed by atoms with Crippen molar-refractivity contribution in [3.8, 4) is 0 Å². The molecule has 1 saturated carbocycles. The van der Waals surface area contributed by atoms with E-state index in [1.807, 2.05) is 19.1 Å². The lowest BCUT2D eigenvalue weighted by atomic mass is 9.79. The minimum Gasteiger partial charge on any atom is -0.481 e. The molecule has 1 fully saturated rings. The van der Waals surface area contributed by atoms with Gasteiger partial charge in [0.15, 0.2) is 0 Å². The van der Waals surface area contributed by atoms with Gasteiger partial charge < -0.3 is 10.0 Å². The van der Waals surface area contributed by atoms with Crippen LogP contribution in [0.15, 0.2) is 22.7 Å². The van der Waals surface area contributed by atoms with E-state index in [4.69, 9.17) is 5.11 Å². The van der Waals surface area contributed by atoms with Crippen LogP contribution in [0.4, 0.5) is 0 Å². The lowest BCUT2D eigenvalue weighted by Gasteiger charge is -2.39. The number of carbonyl (C=O) groups is 2. The molecule has 1 aliphatic carbocycles. The zero-order valence-corrected chi connectivity index (χ0v) is 12.5. The van der Waals surface area contributed by atoms with Gasteiger partial charge in [-0.25, -0.2) is 0 Å². The normalized spacial score (nSPS) is 21.6. The van der Waals surface area contributed by atoms with E-state index in [0.717, 1.165) is 10.0 Å². The van der Waals surface area contributed by atoms with Crippen molar-refractivity contribution in [2.75, 3.05) is 7.05 Å². The van der Waals surface area contributed by atoms with Crippen molar-refractivity contribution in [3.05, 3.63) is 33.8 Å². The second-order valence-corrected chi connectivity index (χ2v) is 5.91. The Labute approximate surface area is 120 Å². The Hall–Kier alpha value is -1.36. The van der Waals surface area contributed by atoms with Crippen LogP contribution in [0.5, 0.6) is 0 Å². The zero-order valence-electron chi connectivity index (χ0n) is 10.9. The number of rotatable bonds is 3. The third-order valence-corrected chi connectivity index (χ3v) is 4.34. The summed E-state index contributed by atoms with van der Waals surface area (Å²) >= 11 is 3.40. The van der Waals surface area contributed by atoms with Crippen LogP contribution in [-0.2, 0) is 4.79 Å². The lowest BCUT2D eigenvalue weighted by molar-refractivity contribution is -0.146. The molecule has 0 aromatic heterocycles. The first kappa shape index (κ1) is 14.1. The molecule has 1 amide bonds. The Morgan fingerprint density at radius 1 is 1.37 bits per heavy atom. The number of benzene rings is 1. The molecule has 1 aromatic rings. The standard InChI is InChI=1S/C14H16BrNO3/c1-8-3-4-11(12(15)5-8)13(17)16(2)10-6-9(7-10)14(18)19/h3-5,9-10H,6-7H2,1-2H3,(H,18,19). The van der Waals surface area contributed by atoms with Crippen LogP contribution in [0.1, 0.15) is 28.8 Å². The van der Waals surface area contributed by atoms with Gasteiger partial charge in [0, 0.05) is 17.6 Å². The molecule has 2 rings (SSSR count). The summed E-state index contributed by atoms with van der Waals surface area (Å²) in [4.78, 5) is 24.8. The van der Waals surface area contributed by atoms with Gasteiger partial charge in [-0.05, 0) is 53.4 Å². The number of carboxylic acids is 1.